The van der Waals surface area contributed by atoms with Crippen molar-refractivity contribution in [3.63, 3.8) is 0 Å². The number of pyridine rings is 1. The molecule has 1 aromatic carbocycles. The molecule has 1 fully saturated rings. The molecule has 2 aromatic heterocycles. The van der Waals surface area contributed by atoms with Crippen LogP contribution >= 0.6 is 0 Å². The van der Waals surface area contributed by atoms with Crippen molar-refractivity contribution >= 4 is 11.0 Å². The topological polar surface area (TPSA) is 43.2 Å². The highest BCUT2D eigenvalue weighted by Gasteiger charge is 2.21. The van der Waals surface area contributed by atoms with Crippen LogP contribution in [0.3, 0.4) is 0 Å². The van der Waals surface area contributed by atoms with Gasteiger partial charge >= 0.3 is 0 Å². The van der Waals surface area contributed by atoms with Gasteiger partial charge in [0, 0.05) is 37.3 Å². The average molecular weight is 350 g/mol. The molecule has 1 saturated heterocycles. The van der Waals surface area contributed by atoms with Crippen LogP contribution in [0.4, 0.5) is 0 Å². The van der Waals surface area contributed by atoms with Crippen LogP contribution in [-0.2, 0) is 6.54 Å². The van der Waals surface area contributed by atoms with E-state index in [1.165, 1.54) is 5.56 Å². The highest BCUT2D eigenvalue weighted by atomic mass is 16.5. The number of likely N-dealkylation sites (tertiary alicyclic amines) is 1. The van der Waals surface area contributed by atoms with Crippen LogP contribution in [0.25, 0.3) is 11.0 Å². The summed E-state index contributed by atoms with van der Waals surface area (Å²) in [6.07, 6.45) is 6.37. The van der Waals surface area contributed by atoms with Crippen molar-refractivity contribution in [3.05, 3.63) is 54.4 Å². The van der Waals surface area contributed by atoms with E-state index in [2.05, 4.69) is 34.9 Å². The van der Waals surface area contributed by atoms with Crippen LogP contribution in [0.1, 0.15) is 38.3 Å². The Bertz CT molecular complexity index is 851. The van der Waals surface area contributed by atoms with Crippen molar-refractivity contribution in [3.8, 4) is 5.75 Å². The smallest absolute Gasteiger partial charge is 0.157 e. The van der Waals surface area contributed by atoms with Crippen LogP contribution in [-0.4, -0.2) is 38.9 Å². The third kappa shape index (κ3) is 3.73. The Morgan fingerprint density at radius 1 is 1.12 bits per heavy atom. The van der Waals surface area contributed by atoms with Gasteiger partial charge in [-0.05, 0) is 50.5 Å². The number of nitrogens with zero attached hydrogens (tertiary/aromatic N) is 4. The van der Waals surface area contributed by atoms with Crippen molar-refractivity contribution in [2.75, 3.05) is 13.1 Å². The Morgan fingerprint density at radius 2 is 1.88 bits per heavy atom. The van der Waals surface area contributed by atoms with Gasteiger partial charge in [-0.2, -0.15) is 5.10 Å². The number of hydrogen-bond acceptors (Lipinski definition) is 4. The molecular weight excluding hydrogens is 324 g/mol. The van der Waals surface area contributed by atoms with E-state index in [0.717, 1.165) is 49.3 Å². The monoisotopic (exact) mass is 350 g/mol. The molecule has 0 N–H and O–H groups in total. The van der Waals surface area contributed by atoms with E-state index in [4.69, 9.17) is 4.74 Å². The second-order valence-electron chi connectivity index (χ2n) is 7.35. The maximum atomic E-state index is 6.09. The quantitative estimate of drug-likeness (QED) is 0.696. The molecule has 0 atom stereocenters. The fourth-order valence-corrected chi connectivity index (χ4v) is 3.58. The van der Waals surface area contributed by atoms with Gasteiger partial charge < -0.3 is 4.74 Å². The van der Waals surface area contributed by atoms with Gasteiger partial charge in [-0.15, -0.1) is 0 Å². The Kier molecular flexibility index (Phi) is 4.89. The normalized spacial score (nSPS) is 16.4. The van der Waals surface area contributed by atoms with Gasteiger partial charge in [-0.1, -0.05) is 18.2 Å². The Balaban J connectivity index is 1.35. The summed E-state index contributed by atoms with van der Waals surface area (Å²) < 4.78 is 8.06. The summed E-state index contributed by atoms with van der Waals surface area (Å²) >= 11 is 0. The lowest BCUT2D eigenvalue weighted by Crippen LogP contribution is -2.37. The molecule has 5 nitrogen and oxygen atoms in total. The number of piperidine rings is 1. The predicted molar refractivity (Wildman–Crippen MR) is 103 cm³/mol. The van der Waals surface area contributed by atoms with E-state index in [1.54, 1.807) is 0 Å². The summed E-state index contributed by atoms with van der Waals surface area (Å²) in [5.74, 6) is 0.975. The highest BCUT2D eigenvalue weighted by molar-refractivity contribution is 5.75. The van der Waals surface area contributed by atoms with Crippen molar-refractivity contribution in [2.24, 2.45) is 0 Å². The molecule has 0 aliphatic carbocycles. The second kappa shape index (κ2) is 7.46. The van der Waals surface area contributed by atoms with E-state index >= 15 is 0 Å². The molecule has 0 amide bonds. The molecule has 0 bridgehead atoms. The largest absolute Gasteiger partial charge is 0.490 e. The van der Waals surface area contributed by atoms with Crippen LogP contribution in [0.5, 0.6) is 5.75 Å². The summed E-state index contributed by atoms with van der Waals surface area (Å²) in [6, 6.07) is 12.7. The number of aromatic nitrogens is 3. The number of rotatable bonds is 5. The molecule has 136 valence electrons. The van der Waals surface area contributed by atoms with Crippen LogP contribution in [0, 0.1) is 0 Å². The fourth-order valence-electron chi connectivity index (χ4n) is 3.58. The van der Waals surface area contributed by atoms with Gasteiger partial charge in [0.2, 0.25) is 0 Å². The average Bonchev–Trinajstić information content (AvgIpc) is 3.08. The standard InChI is InChI=1S/C21H26N4O/c1-16(2)25-21-18(14-23-25)12-17(13-22-21)15-24-10-8-20(9-11-24)26-19-6-4-3-5-7-19/h3-7,12-14,16,20H,8-11,15H2,1-2H3. The maximum Gasteiger partial charge on any atom is 0.157 e. The molecule has 3 heterocycles. The molecule has 26 heavy (non-hydrogen) atoms. The Hall–Kier alpha value is -2.40. The van der Waals surface area contributed by atoms with Crippen molar-refractivity contribution < 1.29 is 4.74 Å². The summed E-state index contributed by atoms with van der Waals surface area (Å²) in [5, 5.41) is 5.58. The van der Waals surface area contributed by atoms with Gasteiger partial charge in [0.25, 0.3) is 0 Å². The summed E-state index contributed by atoms with van der Waals surface area (Å²) in [5.41, 5.74) is 2.22. The number of para-hydroxylation sites is 1. The van der Waals surface area contributed by atoms with E-state index < -0.39 is 0 Å². The SMILES string of the molecule is CC(C)n1ncc2cc(CN3CCC(Oc4ccccc4)CC3)cnc21. The highest BCUT2D eigenvalue weighted by Crippen LogP contribution is 2.21. The Morgan fingerprint density at radius 3 is 2.62 bits per heavy atom. The zero-order valence-corrected chi connectivity index (χ0v) is 15.5. The van der Waals surface area contributed by atoms with E-state index in [-0.39, 0.29) is 0 Å². The first kappa shape index (κ1) is 17.0. The molecule has 3 aromatic rings. The first-order chi connectivity index (χ1) is 12.7. The van der Waals surface area contributed by atoms with Crippen molar-refractivity contribution in [1.82, 2.24) is 19.7 Å². The number of ether oxygens (including phenoxy) is 1. The van der Waals surface area contributed by atoms with Gasteiger partial charge in [0.15, 0.2) is 5.65 Å². The molecule has 1 aliphatic heterocycles. The van der Waals surface area contributed by atoms with Crippen LogP contribution in [0.15, 0.2) is 48.8 Å². The lowest BCUT2D eigenvalue weighted by molar-refractivity contribution is 0.0968. The minimum absolute atomic E-state index is 0.318. The molecule has 0 unspecified atom stereocenters. The molecule has 0 radical (unpaired) electrons. The van der Waals surface area contributed by atoms with E-state index in [1.807, 2.05) is 47.4 Å². The Labute approximate surface area is 154 Å². The lowest BCUT2D eigenvalue weighted by atomic mass is 10.1. The first-order valence-electron chi connectivity index (χ1n) is 9.45. The number of benzene rings is 1. The van der Waals surface area contributed by atoms with Crippen LogP contribution < -0.4 is 4.74 Å². The minimum atomic E-state index is 0.318. The van der Waals surface area contributed by atoms with Crippen LogP contribution in [0.2, 0.25) is 0 Å². The molecular formula is C21H26N4O. The summed E-state index contributed by atoms with van der Waals surface area (Å²) in [7, 11) is 0. The van der Waals surface area contributed by atoms with Crippen molar-refractivity contribution in [1.29, 1.82) is 0 Å². The van der Waals surface area contributed by atoms with E-state index in [0.29, 0.717) is 12.1 Å². The molecule has 1 aliphatic rings. The molecule has 0 spiro atoms. The minimum Gasteiger partial charge on any atom is -0.490 e. The number of hydrogen-bond donors (Lipinski definition) is 0. The second-order valence-corrected chi connectivity index (χ2v) is 7.35. The summed E-state index contributed by atoms with van der Waals surface area (Å²) in [6.45, 7) is 7.31. The predicted octanol–water partition coefficient (Wildman–Crippen LogP) is 4.06. The van der Waals surface area contributed by atoms with Gasteiger partial charge in [-0.25, -0.2) is 9.67 Å². The lowest BCUT2D eigenvalue weighted by Gasteiger charge is -2.32. The zero-order valence-electron chi connectivity index (χ0n) is 15.5. The zero-order chi connectivity index (χ0) is 17.9. The first-order valence-corrected chi connectivity index (χ1v) is 9.45. The maximum absolute atomic E-state index is 6.09. The van der Waals surface area contributed by atoms with Gasteiger partial charge in [0.1, 0.15) is 11.9 Å². The summed E-state index contributed by atoms with van der Waals surface area (Å²) in [4.78, 5) is 7.13. The third-order valence-corrected chi connectivity index (χ3v) is 4.97. The fraction of sp³-hybridized carbons (Fsp3) is 0.429. The van der Waals surface area contributed by atoms with Gasteiger partial charge in [-0.3, -0.25) is 4.90 Å². The van der Waals surface area contributed by atoms with Gasteiger partial charge in [0.05, 0.1) is 6.20 Å². The van der Waals surface area contributed by atoms with E-state index in [9.17, 15) is 0 Å². The third-order valence-electron chi connectivity index (χ3n) is 4.97. The molecule has 0 saturated carbocycles. The molecule has 5 heteroatoms. The number of fused-ring (bicyclic) bond motifs is 1. The molecule has 4 rings (SSSR count). The van der Waals surface area contributed by atoms with Crippen molar-refractivity contribution in [2.45, 2.75) is 45.4 Å².